The topological polar surface area (TPSA) is 72.1 Å². The predicted octanol–water partition coefficient (Wildman–Crippen LogP) is 3.22. The summed E-state index contributed by atoms with van der Waals surface area (Å²) < 4.78 is 10.5. The minimum absolute atomic E-state index is 0.276. The van der Waals surface area contributed by atoms with E-state index in [1.807, 2.05) is 23.6 Å². The highest BCUT2D eigenvalue weighted by Crippen LogP contribution is 2.33. The van der Waals surface area contributed by atoms with Crippen LogP contribution < -0.4 is 0 Å². The summed E-state index contributed by atoms with van der Waals surface area (Å²) in [5.41, 5.74) is 0.829. The summed E-state index contributed by atoms with van der Waals surface area (Å²) in [6.45, 7) is 3.12. The van der Waals surface area contributed by atoms with Crippen LogP contribution in [0.3, 0.4) is 0 Å². The molecule has 2 aromatic rings. The second kappa shape index (κ2) is 7.00. The Morgan fingerprint density at radius 3 is 2.88 bits per heavy atom. The van der Waals surface area contributed by atoms with Gasteiger partial charge in [-0.25, -0.2) is 5.01 Å². The Bertz CT molecular complexity index is 735. The highest BCUT2D eigenvalue weighted by molar-refractivity contribution is 7.12. The van der Waals surface area contributed by atoms with Gasteiger partial charge < -0.3 is 9.15 Å². The van der Waals surface area contributed by atoms with Crippen molar-refractivity contribution < 1.29 is 18.7 Å². The quantitative estimate of drug-likeness (QED) is 0.779. The normalized spacial score (nSPS) is 17.2. The molecule has 0 aromatic carbocycles. The van der Waals surface area contributed by atoms with Gasteiger partial charge in [0.05, 0.1) is 22.8 Å². The Balaban J connectivity index is 1.78. The molecule has 7 heteroatoms. The number of carbonyl (C=O) groups excluding carboxylic acids is 2. The van der Waals surface area contributed by atoms with Crippen LogP contribution in [0.2, 0.25) is 0 Å². The first-order chi connectivity index (χ1) is 11.6. The van der Waals surface area contributed by atoms with Gasteiger partial charge >= 0.3 is 5.97 Å². The standard InChI is InChI=1S/C17H18N2O4S/c1-11(2)17(21)23-10-16(20)19-13(14-5-3-7-22-14)9-12(18-19)15-6-4-8-24-15/h3-8,11,13H,9-10H2,1-2H3. The highest BCUT2D eigenvalue weighted by Gasteiger charge is 2.35. The number of hydrogen-bond donors (Lipinski definition) is 0. The summed E-state index contributed by atoms with van der Waals surface area (Å²) in [5.74, 6) is -0.382. The lowest BCUT2D eigenvalue weighted by molar-refractivity contribution is -0.155. The number of thiophene rings is 1. The van der Waals surface area contributed by atoms with Crippen LogP contribution in [0.5, 0.6) is 0 Å². The molecule has 1 unspecified atom stereocenters. The molecule has 0 radical (unpaired) electrons. The van der Waals surface area contributed by atoms with Gasteiger partial charge in [-0.1, -0.05) is 19.9 Å². The summed E-state index contributed by atoms with van der Waals surface area (Å²) in [4.78, 5) is 25.1. The van der Waals surface area contributed by atoms with Crippen molar-refractivity contribution in [3.05, 3.63) is 46.5 Å². The number of hydrazone groups is 1. The maximum absolute atomic E-state index is 12.5. The number of carbonyl (C=O) groups is 2. The number of furan rings is 1. The third-order valence-corrected chi connectivity index (χ3v) is 4.57. The second-order valence-corrected chi connectivity index (χ2v) is 6.71. The van der Waals surface area contributed by atoms with Crippen LogP contribution >= 0.6 is 11.3 Å². The van der Waals surface area contributed by atoms with Crippen molar-refractivity contribution in [2.24, 2.45) is 11.0 Å². The number of ether oxygens (including phenoxy) is 1. The molecule has 1 aliphatic rings. The fourth-order valence-corrected chi connectivity index (χ4v) is 3.12. The molecule has 0 bridgehead atoms. The van der Waals surface area contributed by atoms with E-state index in [9.17, 15) is 9.59 Å². The molecule has 126 valence electrons. The number of nitrogens with zero attached hydrogens (tertiary/aromatic N) is 2. The van der Waals surface area contributed by atoms with Crippen molar-refractivity contribution in [2.75, 3.05) is 6.61 Å². The van der Waals surface area contributed by atoms with Crippen molar-refractivity contribution in [2.45, 2.75) is 26.3 Å². The summed E-state index contributed by atoms with van der Waals surface area (Å²) in [6, 6.07) is 7.19. The van der Waals surface area contributed by atoms with E-state index in [0.29, 0.717) is 12.2 Å². The molecule has 1 atom stereocenters. The van der Waals surface area contributed by atoms with Gasteiger partial charge in [0.2, 0.25) is 0 Å². The Hall–Kier alpha value is -2.41. The van der Waals surface area contributed by atoms with Gasteiger partial charge in [0, 0.05) is 6.42 Å². The summed E-state index contributed by atoms with van der Waals surface area (Å²) >= 11 is 1.57. The van der Waals surface area contributed by atoms with Gasteiger partial charge in [0.15, 0.2) is 6.61 Å². The van der Waals surface area contributed by atoms with Gasteiger partial charge in [0.25, 0.3) is 5.91 Å². The lowest BCUT2D eigenvalue weighted by Crippen LogP contribution is -2.31. The van der Waals surface area contributed by atoms with Crippen LogP contribution in [0, 0.1) is 5.92 Å². The molecule has 1 amide bonds. The van der Waals surface area contributed by atoms with Crippen molar-refractivity contribution in [1.29, 1.82) is 0 Å². The van der Waals surface area contributed by atoms with Gasteiger partial charge in [0.1, 0.15) is 11.8 Å². The van der Waals surface area contributed by atoms with Gasteiger partial charge in [-0.05, 0) is 23.6 Å². The number of esters is 1. The lowest BCUT2D eigenvalue weighted by Gasteiger charge is -2.19. The molecule has 1 aliphatic heterocycles. The summed E-state index contributed by atoms with van der Waals surface area (Å²) in [7, 11) is 0. The monoisotopic (exact) mass is 346 g/mol. The smallest absolute Gasteiger partial charge is 0.308 e. The van der Waals surface area contributed by atoms with Crippen LogP contribution in [0.25, 0.3) is 0 Å². The lowest BCUT2D eigenvalue weighted by atomic mass is 10.1. The number of amides is 1. The maximum Gasteiger partial charge on any atom is 0.308 e. The Morgan fingerprint density at radius 1 is 1.42 bits per heavy atom. The molecule has 0 saturated carbocycles. The zero-order valence-electron chi connectivity index (χ0n) is 13.5. The van der Waals surface area contributed by atoms with E-state index in [1.165, 1.54) is 5.01 Å². The Labute approximate surface area is 143 Å². The maximum atomic E-state index is 12.5. The first-order valence-corrected chi connectivity index (χ1v) is 8.57. The van der Waals surface area contributed by atoms with E-state index in [-0.39, 0.29) is 24.5 Å². The molecule has 0 aliphatic carbocycles. The SMILES string of the molecule is CC(C)C(=O)OCC(=O)N1N=C(c2cccs2)CC1c1ccco1. The minimum atomic E-state index is -0.403. The largest absolute Gasteiger partial charge is 0.467 e. The summed E-state index contributed by atoms with van der Waals surface area (Å²) in [5, 5.41) is 7.78. The summed E-state index contributed by atoms with van der Waals surface area (Å²) in [6.07, 6.45) is 2.14. The van der Waals surface area contributed by atoms with Crippen LogP contribution in [0.4, 0.5) is 0 Å². The Morgan fingerprint density at radius 2 is 2.25 bits per heavy atom. The van der Waals surface area contributed by atoms with Crippen LogP contribution in [0.1, 0.15) is 36.9 Å². The Kier molecular flexibility index (Phi) is 4.80. The first kappa shape index (κ1) is 16.4. The first-order valence-electron chi connectivity index (χ1n) is 7.69. The molecule has 0 saturated heterocycles. The average molecular weight is 346 g/mol. The number of hydrogen-bond acceptors (Lipinski definition) is 6. The van der Waals surface area contributed by atoms with E-state index < -0.39 is 5.97 Å². The van der Waals surface area contributed by atoms with E-state index in [0.717, 1.165) is 10.6 Å². The zero-order valence-corrected chi connectivity index (χ0v) is 14.3. The van der Waals surface area contributed by atoms with E-state index >= 15 is 0 Å². The highest BCUT2D eigenvalue weighted by atomic mass is 32.1. The fraction of sp³-hybridized carbons (Fsp3) is 0.353. The average Bonchev–Trinajstić information content (AvgIpc) is 3.31. The molecule has 0 spiro atoms. The third-order valence-electron chi connectivity index (χ3n) is 3.65. The number of rotatable bonds is 5. The van der Waals surface area contributed by atoms with Gasteiger partial charge in [-0.15, -0.1) is 11.3 Å². The molecule has 0 fully saturated rings. The van der Waals surface area contributed by atoms with Crippen LogP contribution in [-0.2, 0) is 14.3 Å². The molecule has 3 heterocycles. The molecular formula is C17H18N2O4S. The zero-order chi connectivity index (χ0) is 17.1. The molecule has 0 N–H and O–H groups in total. The van der Waals surface area contributed by atoms with Crippen molar-refractivity contribution in [1.82, 2.24) is 5.01 Å². The molecule has 2 aromatic heterocycles. The van der Waals surface area contributed by atoms with Crippen LogP contribution in [-0.4, -0.2) is 29.2 Å². The van der Waals surface area contributed by atoms with Crippen molar-refractivity contribution in [3.63, 3.8) is 0 Å². The van der Waals surface area contributed by atoms with Gasteiger partial charge in [-0.2, -0.15) is 5.10 Å². The van der Waals surface area contributed by atoms with Crippen molar-refractivity contribution >= 4 is 28.9 Å². The molecule has 3 rings (SSSR count). The molecule has 24 heavy (non-hydrogen) atoms. The third kappa shape index (κ3) is 3.41. The van der Waals surface area contributed by atoms with Gasteiger partial charge in [-0.3, -0.25) is 9.59 Å². The second-order valence-electron chi connectivity index (χ2n) is 5.76. The fourth-order valence-electron chi connectivity index (χ4n) is 2.40. The van der Waals surface area contributed by atoms with Crippen LogP contribution in [0.15, 0.2) is 45.4 Å². The molecule has 6 nitrogen and oxygen atoms in total. The predicted molar refractivity (Wildman–Crippen MR) is 89.6 cm³/mol. The minimum Gasteiger partial charge on any atom is -0.467 e. The van der Waals surface area contributed by atoms with E-state index in [2.05, 4.69) is 5.10 Å². The van der Waals surface area contributed by atoms with Crippen molar-refractivity contribution in [3.8, 4) is 0 Å². The van der Waals surface area contributed by atoms with E-state index in [1.54, 1.807) is 37.5 Å². The van der Waals surface area contributed by atoms with E-state index in [4.69, 9.17) is 9.15 Å². The molecular weight excluding hydrogens is 328 g/mol.